The fraction of sp³-hybridized carbons (Fsp3) is 0.357. The maximum absolute atomic E-state index is 12.4. The van der Waals surface area contributed by atoms with Gasteiger partial charge in [0.1, 0.15) is 5.82 Å². The molecule has 0 aromatic carbocycles. The summed E-state index contributed by atoms with van der Waals surface area (Å²) in [6.45, 7) is 0.581. The highest BCUT2D eigenvalue weighted by Crippen LogP contribution is 2.28. The van der Waals surface area contributed by atoms with Crippen LogP contribution in [0.3, 0.4) is 0 Å². The van der Waals surface area contributed by atoms with E-state index in [2.05, 4.69) is 15.4 Å². The van der Waals surface area contributed by atoms with Gasteiger partial charge in [-0.1, -0.05) is 6.07 Å². The highest BCUT2D eigenvalue weighted by molar-refractivity contribution is 5.88. The number of carbonyl (C=O) groups excluding carboxylic acids is 1. The molecule has 0 unspecified atom stereocenters. The number of hydrogen-bond acceptors (Lipinski definition) is 3. The minimum absolute atomic E-state index is 0.102. The molecule has 0 spiro atoms. The lowest BCUT2D eigenvalue weighted by Gasteiger charge is -2.21. The number of anilines is 1. The first-order chi connectivity index (χ1) is 9.72. The predicted molar refractivity (Wildman–Crippen MR) is 75.0 cm³/mol. The van der Waals surface area contributed by atoms with Crippen LogP contribution in [0.15, 0.2) is 36.8 Å². The Morgan fingerprint density at radius 2 is 2.35 bits per heavy atom. The van der Waals surface area contributed by atoms with E-state index in [1.807, 2.05) is 30.3 Å². The number of carbonyl (C=O) groups is 1. The molecule has 0 aliphatic heterocycles. The van der Waals surface area contributed by atoms with Gasteiger partial charge in [-0.05, 0) is 25.0 Å². The number of hydrogen-bond donors (Lipinski definition) is 1. The molecule has 3 rings (SSSR count). The third-order valence-electron chi connectivity index (χ3n) is 3.26. The van der Waals surface area contributed by atoms with Gasteiger partial charge >= 0.3 is 6.03 Å². The summed E-state index contributed by atoms with van der Waals surface area (Å²) >= 11 is 0. The third kappa shape index (κ3) is 2.96. The Bertz CT molecular complexity index is 591. The number of amides is 2. The monoisotopic (exact) mass is 271 g/mol. The fourth-order valence-corrected chi connectivity index (χ4v) is 2.12. The molecule has 0 saturated heterocycles. The van der Waals surface area contributed by atoms with Gasteiger partial charge in [-0.15, -0.1) is 0 Å². The molecule has 2 aromatic rings. The standard InChI is InChI=1S/C14H17N5O/c1-18-9-11(8-16-18)10-19(12-5-6-12)14(20)17-13-4-2-3-7-15-13/h2-4,7-9,12H,5-6,10H2,1H3,(H,15,17,20). The SMILES string of the molecule is Cn1cc(CN(C(=O)Nc2ccccn2)C2CC2)cn1. The summed E-state index contributed by atoms with van der Waals surface area (Å²) in [5, 5.41) is 6.98. The molecule has 1 aliphatic carbocycles. The van der Waals surface area contributed by atoms with Crippen LogP contribution < -0.4 is 5.32 Å². The lowest BCUT2D eigenvalue weighted by atomic mass is 10.3. The summed E-state index contributed by atoms with van der Waals surface area (Å²) in [5.41, 5.74) is 1.04. The van der Waals surface area contributed by atoms with Crippen molar-refractivity contribution in [3.63, 3.8) is 0 Å². The summed E-state index contributed by atoms with van der Waals surface area (Å²) < 4.78 is 1.75. The molecule has 2 aromatic heterocycles. The average molecular weight is 271 g/mol. The highest BCUT2D eigenvalue weighted by Gasteiger charge is 2.32. The summed E-state index contributed by atoms with van der Waals surface area (Å²) in [6, 6.07) is 5.69. The van der Waals surface area contributed by atoms with Gasteiger partial charge in [0.2, 0.25) is 0 Å². The predicted octanol–water partition coefficient (Wildman–Crippen LogP) is 2.01. The molecular formula is C14H17N5O. The van der Waals surface area contributed by atoms with E-state index in [1.165, 1.54) is 0 Å². The third-order valence-corrected chi connectivity index (χ3v) is 3.26. The number of aryl methyl sites for hydroxylation is 1. The van der Waals surface area contributed by atoms with E-state index in [1.54, 1.807) is 23.1 Å². The second kappa shape index (κ2) is 5.32. The number of pyridine rings is 1. The molecule has 1 aliphatic rings. The van der Waals surface area contributed by atoms with Gasteiger partial charge in [0.25, 0.3) is 0 Å². The molecule has 1 N–H and O–H groups in total. The summed E-state index contributed by atoms with van der Waals surface area (Å²) in [5.74, 6) is 0.578. The van der Waals surface area contributed by atoms with E-state index in [0.717, 1.165) is 18.4 Å². The smallest absolute Gasteiger partial charge is 0.317 e. The van der Waals surface area contributed by atoms with Crippen molar-refractivity contribution in [3.05, 3.63) is 42.4 Å². The molecule has 1 saturated carbocycles. The van der Waals surface area contributed by atoms with Crippen molar-refractivity contribution in [3.8, 4) is 0 Å². The second-order valence-corrected chi connectivity index (χ2v) is 5.03. The Kier molecular flexibility index (Phi) is 3.37. The summed E-state index contributed by atoms with van der Waals surface area (Å²) in [6.07, 6.45) is 7.52. The van der Waals surface area contributed by atoms with E-state index in [-0.39, 0.29) is 6.03 Å². The Morgan fingerprint density at radius 3 is 2.95 bits per heavy atom. The zero-order valence-corrected chi connectivity index (χ0v) is 11.4. The first-order valence-electron chi connectivity index (χ1n) is 6.68. The van der Waals surface area contributed by atoms with Crippen LogP contribution >= 0.6 is 0 Å². The van der Waals surface area contributed by atoms with Gasteiger partial charge in [-0.25, -0.2) is 9.78 Å². The molecule has 0 radical (unpaired) electrons. The highest BCUT2D eigenvalue weighted by atomic mass is 16.2. The van der Waals surface area contributed by atoms with Crippen LogP contribution in [0.25, 0.3) is 0 Å². The van der Waals surface area contributed by atoms with E-state index in [4.69, 9.17) is 0 Å². The van der Waals surface area contributed by atoms with Gasteiger partial charge < -0.3 is 4.90 Å². The maximum atomic E-state index is 12.4. The molecule has 20 heavy (non-hydrogen) atoms. The van der Waals surface area contributed by atoms with Crippen molar-refractivity contribution in [2.24, 2.45) is 7.05 Å². The maximum Gasteiger partial charge on any atom is 0.323 e. The number of rotatable bonds is 4. The van der Waals surface area contributed by atoms with Crippen molar-refractivity contribution < 1.29 is 4.79 Å². The van der Waals surface area contributed by atoms with E-state index < -0.39 is 0 Å². The van der Waals surface area contributed by atoms with Gasteiger partial charge in [0, 0.05) is 31.0 Å². The first kappa shape index (κ1) is 12.7. The fourth-order valence-electron chi connectivity index (χ4n) is 2.12. The molecule has 6 heteroatoms. The minimum Gasteiger partial charge on any atom is -0.317 e. The zero-order valence-electron chi connectivity index (χ0n) is 11.4. The molecular weight excluding hydrogens is 254 g/mol. The second-order valence-electron chi connectivity index (χ2n) is 5.03. The minimum atomic E-state index is -0.102. The van der Waals surface area contributed by atoms with Crippen LogP contribution in [-0.4, -0.2) is 31.7 Å². The largest absolute Gasteiger partial charge is 0.323 e. The van der Waals surface area contributed by atoms with Crippen LogP contribution in [0.4, 0.5) is 10.6 Å². The molecule has 2 amide bonds. The summed E-state index contributed by atoms with van der Waals surface area (Å²) in [7, 11) is 1.87. The van der Waals surface area contributed by atoms with Gasteiger partial charge in [-0.2, -0.15) is 5.10 Å². The van der Waals surface area contributed by atoms with E-state index >= 15 is 0 Å². The van der Waals surface area contributed by atoms with Crippen molar-refractivity contribution in [2.45, 2.75) is 25.4 Å². The number of nitrogens with one attached hydrogen (secondary N) is 1. The van der Waals surface area contributed by atoms with Crippen LogP contribution in [0, 0.1) is 0 Å². The van der Waals surface area contributed by atoms with Crippen LogP contribution in [0.1, 0.15) is 18.4 Å². The van der Waals surface area contributed by atoms with Gasteiger partial charge in [0.15, 0.2) is 0 Å². The van der Waals surface area contributed by atoms with Crippen molar-refractivity contribution >= 4 is 11.8 Å². The van der Waals surface area contributed by atoms with Gasteiger partial charge in [0.05, 0.1) is 12.7 Å². The zero-order chi connectivity index (χ0) is 13.9. The Morgan fingerprint density at radius 1 is 1.50 bits per heavy atom. The van der Waals surface area contributed by atoms with Crippen molar-refractivity contribution in [1.29, 1.82) is 0 Å². The lowest BCUT2D eigenvalue weighted by molar-refractivity contribution is 0.206. The first-order valence-corrected chi connectivity index (χ1v) is 6.68. The molecule has 6 nitrogen and oxygen atoms in total. The van der Waals surface area contributed by atoms with Crippen molar-refractivity contribution in [1.82, 2.24) is 19.7 Å². The number of urea groups is 1. The Hall–Kier alpha value is -2.37. The van der Waals surface area contributed by atoms with Gasteiger partial charge in [-0.3, -0.25) is 10.00 Å². The Labute approximate surface area is 117 Å². The normalized spacial score (nSPS) is 14.1. The quantitative estimate of drug-likeness (QED) is 0.925. The molecule has 2 heterocycles. The van der Waals surface area contributed by atoms with Crippen LogP contribution in [-0.2, 0) is 13.6 Å². The molecule has 104 valence electrons. The molecule has 1 fully saturated rings. The molecule has 0 bridgehead atoms. The van der Waals surface area contributed by atoms with Crippen LogP contribution in [0.5, 0.6) is 0 Å². The lowest BCUT2D eigenvalue weighted by Crippen LogP contribution is -2.36. The Balaban J connectivity index is 1.69. The van der Waals surface area contributed by atoms with Crippen molar-refractivity contribution in [2.75, 3.05) is 5.32 Å². The number of aromatic nitrogens is 3. The summed E-state index contributed by atoms with van der Waals surface area (Å²) in [4.78, 5) is 18.3. The number of nitrogens with zero attached hydrogens (tertiary/aromatic N) is 4. The average Bonchev–Trinajstić information content (AvgIpc) is 3.20. The molecule has 0 atom stereocenters. The van der Waals surface area contributed by atoms with E-state index in [0.29, 0.717) is 18.4 Å². The van der Waals surface area contributed by atoms with Crippen LogP contribution in [0.2, 0.25) is 0 Å². The topological polar surface area (TPSA) is 63.1 Å². The van der Waals surface area contributed by atoms with E-state index in [9.17, 15) is 4.79 Å².